The van der Waals surface area contributed by atoms with E-state index < -0.39 is 0 Å². The van der Waals surface area contributed by atoms with Crippen LogP contribution in [0.1, 0.15) is 15.9 Å². The number of anilines is 1. The molecule has 1 amide bonds. The summed E-state index contributed by atoms with van der Waals surface area (Å²) in [4.78, 5) is 22.5. The van der Waals surface area contributed by atoms with E-state index in [2.05, 4.69) is 5.32 Å². The summed E-state index contributed by atoms with van der Waals surface area (Å²) in [5, 5.41) is 2.99. The average Bonchev–Trinajstić information content (AvgIpc) is 2.55. The van der Waals surface area contributed by atoms with Gasteiger partial charge in [-0.25, -0.2) is 0 Å². The number of rotatable bonds is 2. The number of ketones is 1. The normalized spacial score (nSPS) is 13.6. The van der Waals surface area contributed by atoms with Gasteiger partial charge in [-0.2, -0.15) is 0 Å². The number of fused-ring (bicyclic) bond motifs is 1. The van der Waals surface area contributed by atoms with E-state index in [1.807, 2.05) is 0 Å². The van der Waals surface area contributed by atoms with Crippen LogP contribution in [0, 0.1) is 0 Å². The number of benzene rings is 1. The second-order valence-electron chi connectivity index (χ2n) is 3.27. The molecule has 0 unspecified atom stereocenters. The molecule has 1 heterocycles. The summed E-state index contributed by atoms with van der Waals surface area (Å²) in [7, 11) is 0. The molecule has 0 spiro atoms. The molecule has 78 valence electrons. The molecule has 3 nitrogen and oxygen atoms in total. The predicted octanol–water partition coefficient (Wildman–Crippen LogP) is 2.26. The summed E-state index contributed by atoms with van der Waals surface area (Å²) in [6.07, 6.45) is 0.310. The lowest BCUT2D eigenvalue weighted by molar-refractivity contribution is -0.115. The van der Waals surface area contributed by atoms with Crippen LogP contribution < -0.4 is 5.32 Å². The van der Waals surface area contributed by atoms with Gasteiger partial charge in [0.2, 0.25) is 5.91 Å². The number of Topliss-reactive ketones (excluding diaryl/α,β-unsaturated/α-hetero) is 1. The summed E-state index contributed by atoms with van der Waals surface area (Å²) in [6.45, 7) is 0. The van der Waals surface area contributed by atoms with Gasteiger partial charge in [0.1, 0.15) is 0 Å². The zero-order valence-electron chi connectivity index (χ0n) is 7.64. The van der Waals surface area contributed by atoms with Crippen LogP contribution in [0.25, 0.3) is 0 Å². The molecule has 0 aromatic heterocycles. The maximum Gasteiger partial charge on any atom is 0.228 e. The fraction of sp³-hybridized carbons (Fsp3) is 0.200. The SMILES string of the molecule is O=C1Cc2cc(Cl)c(C(=O)CCl)cc2N1. The highest BCUT2D eigenvalue weighted by atomic mass is 35.5. The van der Waals surface area contributed by atoms with Crippen molar-refractivity contribution in [3.63, 3.8) is 0 Å². The van der Waals surface area contributed by atoms with E-state index in [-0.39, 0.29) is 17.6 Å². The molecule has 1 aromatic rings. The fourth-order valence-electron chi connectivity index (χ4n) is 1.53. The summed E-state index contributed by atoms with van der Waals surface area (Å²) >= 11 is 11.4. The van der Waals surface area contributed by atoms with E-state index in [0.717, 1.165) is 5.56 Å². The van der Waals surface area contributed by atoms with Gasteiger partial charge >= 0.3 is 0 Å². The summed E-state index contributed by atoms with van der Waals surface area (Å²) in [6, 6.07) is 3.21. The standard InChI is InChI=1S/C10H7Cl2NO2/c11-4-9(14)6-3-8-5(1-7(6)12)2-10(15)13-8/h1,3H,2,4H2,(H,13,15). The van der Waals surface area contributed by atoms with Gasteiger partial charge in [0.25, 0.3) is 0 Å². The third-order valence-corrected chi connectivity index (χ3v) is 2.80. The number of carbonyl (C=O) groups excluding carboxylic acids is 2. The molecular weight excluding hydrogens is 237 g/mol. The van der Waals surface area contributed by atoms with Gasteiger partial charge in [-0.05, 0) is 17.7 Å². The van der Waals surface area contributed by atoms with E-state index in [0.29, 0.717) is 22.7 Å². The minimum atomic E-state index is -0.245. The van der Waals surface area contributed by atoms with Gasteiger partial charge in [-0.1, -0.05) is 11.6 Å². The Hall–Kier alpha value is -1.06. The van der Waals surface area contributed by atoms with Crippen LogP contribution in [0.3, 0.4) is 0 Å². The first-order chi connectivity index (χ1) is 7.11. The molecule has 1 N–H and O–H groups in total. The van der Waals surface area contributed by atoms with Crippen LogP contribution in [0.15, 0.2) is 12.1 Å². The van der Waals surface area contributed by atoms with Crippen LogP contribution in [0.4, 0.5) is 5.69 Å². The Morgan fingerprint density at radius 1 is 1.47 bits per heavy atom. The van der Waals surface area contributed by atoms with Crippen molar-refractivity contribution < 1.29 is 9.59 Å². The smallest absolute Gasteiger partial charge is 0.228 e. The number of hydrogen-bond acceptors (Lipinski definition) is 2. The van der Waals surface area contributed by atoms with Crippen molar-refractivity contribution >= 4 is 40.6 Å². The number of amides is 1. The van der Waals surface area contributed by atoms with Crippen molar-refractivity contribution in [2.24, 2.45) is 0 Å². The molecule has 0 fully saturated rings. The van der Waals surface area contributed by atoms with E-state index in [4.69, 9.17) is 23.2 Å². The molecule has 0 saturated carbocycles. The molecule has 5 heteroatoms. The molecule has 1 aliphatic heterocycles. The number of carbonyl (C=O) groups is 2. The molecular formula is C10H7Cl2NO2. The van der Waals surface area contributed by atoms with Gasteiger partial charge < -0.3 is 5.32 Å². The second kappa shape index (κ2) is 3.83. The molecule has 0 saturated heterocycles. The lowest BCUT2D eigenvalue weighted by atomic mass is 10.1. The maximum absolute atomic E-state index is 11.4. The first-order valence-electron chi connectivity index (χ1n) is 4.33. The molecule has 0 aliphatic carbocycles. The van der Waals surface area contributed by atoms with Crippen LogP contribution in [0.2, 0.25) is 5.02 Å². The van der Waals surface area contributed by atoms with Crippen molar-refractivity contribution in [2.45, 2.75) is 6.42 Å². The highest BCUT2D eigenvalue weighted by molar-refractivity contribution is 6.37. The summed E-state index contributed by atoms with van der Waals surface area (Å²) in [5.41, 5.74) is 1.82. The third kappa shape index (κ3) is 1.85. The Balaban J connectivity index is 2.48. The van der Waals surface area contributed by atoms with E-state index >= 15 is 0 Å². The largest absolute Gasteiger partial charge is 0.326 e. The molecule has 15 heavy (non-hydrogen) atoms. The molecule has 0 bridgehead atoms. The highest BCUT2D eigenvalue weighted by Crippen LogP contribution is 2.29. The van der Waals surface area contributed by atoms with Gasteiger partial charge in [-0.15, -0.1) is 11.6 Å². The minimum absolute atomic E-state index is 0.0865. The Morgan fingerprint density at radius 2 is 2.20 bits per heavy atom. The second-order valence-corrected chi connectivity index (χ2v) is 3.95. The Bertz CT molecular complexity index is 457. The van der Waals surface area contributed by atoms with Gasteiger partial charge in [-0.3, -0.25) is 9.59 Å². The molecule has 0 atom stereocenters. The minimum Gasteiger partial charge on any atom is -0.326 e. The van der Waals surface area contributed by atoms with Crippen molar-refractivity contribution in [1.82, 2.24) is 0 Å². The zero-order valence-corrected chi connectivity index (χ0v) is 9.15. The number of alkyl halides is 1. The van der Waals surface area contributed by atoms with E-state index in [1.165, 1.54) is 0 Å². The highest BCUT2D eigenvalue weighted by Gasteiger charge is 2.21. The van der Waals surface area contributed by atoms with E-state index in [9.17, 15) is 9.59 Å². The summed E-state index contributed by atoms with van der Waals surface area (Å²) in [5.74, 6) is -0.450. The van der Waals surface area contributed by atoms with Crippen LogP contribution in [0.5, 0.6) is 0 Å². The van der Waals surface area contributed by atoms with Gasteiger partial charge in [0.15, 0.2) is 5.78 Å². The number of halogens is 2. The zero-order chi connectivity index (χ0) is 11.0. The monoisotopic (exact) mass is 243 g/mol. The molecule has 1 aromatic carbocycles. The van der Waals surface area contributed by atoms with Crippen molar-refractivity contribution in [2.75, 3.05) is 11.2 Å². The first-order valence-corrected chi connectivity index (χ1v) is 5.24. The lowest BCUT2D eigenvalue weighted by Crippen LogP contribution is -2.04. The van der Waals surface area contributed by atoms with Crippen LogP contribution in [-0.2, 0) is 11.2 Å². The lowest BCUT2D eigenvalue weighted by Gasteiger charge is -2.04. The van der Waals surface area contributed by atoms with E-state index in [1.54, 1.807) is 12.1 Å². The molecule has 2 rings (SSSR count). The van der Waals surface area contributed by atoms with Crippen molar-refractivity contribution in [3.8, 4) is 0 Å². The van der Waals surface area contributed by atoms with Gasteiger partial charge in [0, 0.05) is 11.3 Å². The van der Waals surface area contributed by atoms with Crippen LogP contribution >= 0.6 is 23.2 Å². The fourth-order valence-corrected chi connectivity index (χ4v) is 1.97. The Labute approximate surface area is 96.4 Å². The van der Waals surface area contributed by atoms with Crippen molar-refractivity contribution in [1.29, 1.82) is 0 Å². The van der Waals surface area contributed by atoms with Gasteiger partial charge in [0.05, 0.1) is 17.3 Å². The molecule has 1 aliphatic rings. The quantitative estimate of drug-likeness (QED) is 0.640. The predicted molar refractivity (Wildman–Crippen MR) is 58.8 cm³/mol. The Kier molecular flexibility index (Phi) is 2.67. The maximum atomic E-state index is 11.4. The topological polar surface area (TPSA) is 46.2 Å². The average molecular weight is 244 g/mol. The van der Waals surface area contributed by atoms with Crippen molar-refractivity contribution in [3.05, 3.63) is 28.3 Å². The molecule has 0 radical (unpaired) electrons. The summed E-state index contributed by atoms with van der Waals surface area (Å²) < 4.78 is 0. The third-order valence-electron chi connectivity index (χ3n) is 2.24. The van der Waals surface area contributed by atoms with Crippen LogP contribution in [-0.4, -0.2) is 17.6 Å². The number of nitrogens with one attached hydrogen (secondary N) is 1. The first kappa shape index (κ1) is 10.5. The Morgan fingerprint density at radius 3 is 2.87 bits per heavy atom. The number of hydrogen-bond donors (Lipinski definition) is 1.